The van der Waals surface area contributed by atoms with Gasteiger partial charge in [-0.1, -0.05) is 27.2 Å². The van der Waals surface area contributed by atoms with Crippen molar-refractivity contribution in [2.45, 2.75) is 109 Å². The number of hydrogen-bond donors (Lipinski definition) is 0. The maximum absolute atomic E-state index is 13.5. The highest BCUT2D eigenvalue weighted by molar-refractivity contribution is 5.89. The molecule has 5 fully saturated rings. The van der Waals surface area contributed by atoms with Gasteiger partial charge in [-0.15, -0.1) is 0 Å². The van der Waals surface area contributed by atoms with Crippen LogP contribution in [0.2, 0.25) is 0 Å². The predicted octanol–water partition coefficient (Wildman–Crippen LogP) is 4.47. The summed E-state index contributed by atoms with van der Waals surface area (Å²) in [5, 5.41) is 0. The van der Waals surface area contributed by atoms with Crippen molar-refractivity contribution in [1.29, 1.82) is 0 Å². The van der Waals surface area contributed by atoms with Crippen molar-refractivity contribution in [3.8, 4) is 0 Å². The SMILES string of the molecule is CCO[C@@H]1CC2O[C@H]([C@]3(C)[C@H]4CCC[C@@]5(CO5)C4(COC(C)=O)[C@@H](OC(=O)c4cccnc4)CC3(C)C)CC2O1. The molecule has 3 unspecified atom stereocenters. The number of epoxide rings is 1. The van der Waals surface area contributed by atoms with Crippen molar-refractivity contribution < 1.29 is 38.0 Å². The fourth-order valence-electron chi connectivity index (χ4n) is 8.81. The average molecular weight is 558 g/mol. The van der Waals surface area contributed by atoms with E-state index in [1.165, 1.54) is 13.1 Å². The number of carbonyl (C=O) groups excluding carboxylic acids is 2. The third kappa shape index (κ3) is 4.22. The van der Waals surface area contributed by atoms with E-state index in [9.17, 15) is 9.59 Å². The number of carbonyl (C=O) groups is 2. The van der Waals surface area contributed by atoms with Crippen LogP contribution >= 0.6 is 0 Å². The first kappa shape index (κ1) is 28.1. The summed E-state index contributed by atoms with van der Waals surface area (Å²) in [7, 11) is 0. The minimum absolute atomic E-state index is 0.00657. The molecule has 6 rings (SSSR count). The van der Waals surface area contributed by atoms with E-state index in [2.05, 4.69) is 25.8 Å². The van der Waals surface area contributed by atoms with Gasteiger partial charge >= 0.3 is 11.9 Å². The summed E-state index contributed by atoms with van der Waals surface area (Å²) in [6, 6.07) is 3.45. The molecule has 9 atom stereocenters. The number of rotatable bonds is 7. The summed E-state index contributed by atoms with van der Waals surface area (Å²) < 4.78 is 37.5. The molecule has 1 spiro atoms. The van der Waals surface area contributed by atoms with Gasteiger partial charge in [-0.2, -0.15) is 0 Å². The maximum Gasteiger partial charge on any atom is 0.339 e. The van der Waals surface area contributed by atoms with Crippen LogP contribution in [0, 0.1) is 22.2 Å². The van der Waals surface area contributed by atoms with Crippen molar-refractivity contribution in [3.05, 3.63) is 30.1 Å². The quantitative estimate of drug-likeness (QED) is 0.355. The molecule has 0 bridgehead atoms. The number of hydrogen-bond acceptors (Lipinski definition) is 9. The summed E-state index contributed by atoms with van der Waals surface area (Å²) in [5.41, 5.74) is -1.39. The lowest BCUT2D eigenvalue weighted by Gasteiger charge is -2.67. The summed E-state index contributed by atoms with van der Waals surface area (Å²) in [5.74, 6) is -0.736. The van der Waals surface area contributed by atoms with Crippen LogP contribution in [0.1, 0.15) is 83.5 Å². The Morgan fingerprint density at radius 3 is 2.58 bits per heavy atom. The Morgan fingerprint density at radius 2 is 1.93 bits per heavy atom. The lowest BCUT2D eigenvalue weighted by molar-refractivity contribution is -0.263. The zero-order chi connectivity index (χ0) is 28.3. The van der Waals surface area contributed by atoms with Crippen LogP contribution < -0.4 is 0 Å². The summed E-state index contributed by atoms with van der Waals surface area (Å²) in [6.07, 6.45) is 7.21. The van der Waals surface area contributed by atoms with Crippen LogP contribution in [0.4, 0.5) is 0 Å². The van der Waals surface area contributed by atoms with Crippen LogP contribution in [-0.4, -0.2) is 73.1 Å². The number of esters is 2. The topological polar surface area (TPSA) is 106 Å². The molecule has 2 saturated carbocycles. The second-order valence-corrected chi connectivity index (χ2v) is 13.2. The fraction of sp³-hybridized carbons (Fsp3) is 0.774. The highest BCUT2D eigenvalue weighted by Gasteiger charge is 2.78. The highest BCUT2D eigenvalue weighted by Crippen LogP contribution is 2.73. The van der Waals surface area contributed by atoms with Crippen LogP contribution in [0.25, 0.3) is 0 Å². The maximum atomic E-state index is 13.5. The first-order chi connectivity index (χ1) is 19.1. The Hall–Kier alpha value is -2.07. The Morgan fingerprint density at radius 1 is 1.15 bits per heavy atom. The van der Waals surface area contributed by atoms with Gasteiger partial charge in [0.15, 0.2) is 6.29 Å². The average Bonchev–Trinajstić information content (AvgIpc) is 3.42. The van der Waals surface area contributed by atoms with Crippen molar-refractivity contribution >= 4 is 11.9 Å². The standard InChI is InChI=1S/C31H43NO8/c1-6-35-26-14-22-21(39-26)13-24(38-22)29(5)23-10-7-11-30(17-37-30)31(23,18-36-19(2)33)25(15-28(29,3)4)40-27(34)20-9-8-12-32-16-20/h8-9,12,16,21-26H,6-7,10-11,13-15,17-18H2,1-5H3/t21?,22?,23-,24+,25+,26+,29+,30-,31?/m1/s1. The fourth-order valence-corrected chi connectivity index (χ4v) is 8.81. The van der Waals surface area contributed by atoms with Crippen LogP contribution in [0.3, 0.4) is 0 Å². The molecule has 40 heavy (non-hydrogen) atoms. The molecule has 0 amide bonds. The summed E-state index contributed by atoms with van der Waals surface area (Å²) in [4.78, 5) is 29.9. The van der Waals surface area contributed by atoms with Gasteiger partial charge in [0, 0.05) is 44.2 Å². The van der Waals surface area contributed by atoms with E-state index < -0.39 is 23.1 Å². The molecule has 4 heterocycles. The molecule has 2 aliphatic carbocycles. The van der Waals surface area contributed by atoms with Crippen molar-refractivity contribution in [1.82, 2.24) is 4.98 Å². The molecule has 3 aliphatic heterocycles. The minimum Gasteiger partial charge on any atom is -0.465 e. The van der Waals surface area contributed by atoms with E-state index in [1.807, 2.05) is 6.92 Å². The molecule has 3 saturated heterocycles. The monoisotopic (exact) mass is 557 g/mol. The molecule has 220 valence electrons. The number of nitrogens with zero attached hydrogens (tertiary/aromatic N) is 1. The van der Waals surface area contributed by atoms with E-state index >= 15 is 0 Å². The van der Waals surface area contributed by atoms with E-state index in [0.717, 1.165) is 32.1 Å². The lowest BCUT2D eigenvalue weighted by atomic mass is 9.38. The van der Waals surface area contributed by atoms with Crippen molar-refractivity contribution in [2.24, 2.45) is 22.2 Å². The van der Waals surface area contributed by atoms with Crippen LogP contribution in [-0.2, 0) is 33.2 Å². The zero-order valence-corrected chi connectivity index (χ0v) is 24.4. The minimum atomic E-state index is -0.700. The lowest BCUT2D eigenvalue weighted by Crippen LogP contribution is -2.71. The summed E-state index contributed by atoms with van der Waals surface area (Å²) in [6.45, 7) is 11.6. The Kier molecular flexibility index (Phi) is 7.04. The van der Waals surface area contributed by atoms with Crippen LogP contribution in [0.5, 0.6) is 0 Å². The zero-order valence-electron chi connectivity index (χ0n) is 24.4. The van der Waals surface area contributed by atoms with Crippen molar-refractivity contribution in [3.63, 3.8) is 0 Å². The van der Waals surface area contributed by atoms with Crippen LogP contribution in [0.15, 0.2) is 24.5 Å². The number of ether oxygens (including phenoxy) is 6. The largest absolute Gasteiger partial charge is 0.465 e. The molecule has 9 nitrogen and oxygen atoms in total. The molecular weight excluding hydrogens is 514 g/mol. The van der Waals surface area contributed by atoms with Gasteiger partial charge in [0.25, 0.3) is 0 Å². The van der Waals surface area contributed by atoms with Gasteiger partial charge in [-0.25, -0.2) is 4.79 Å². The number of fused-ring (bicyclic) bond motifs is 3. The Bertz CT molecular complexity index is 1110. The summed E-state index contributed by atoms with van der Waals surface area (Å²) >= 11 is 0. The van der Waals surface area contributed by atoms with Crippen molar-refractivity contribution in [2.75, 3.05) is 19.8 Å². The second-order valence-electron chi connectivity index (χ2n) is 13.2. The third-order valence-electron chi connectivity index (χ3n) is 11.1. The third-order valence-corrected chi connectivity index (χ3v) is 11.1. The molecular formula is C31H43NO8. The van der Waals surface area contributed by atoms with Gasteiger partial charge in [0.2, 0.25) is 0 Å². The van der Waals surface area contributed by atoms with E-state index in [4.69, 9.17) is 28.4 Å². The van der Waals surface area contributed by atoms with Gasteiger partial charge in [0.1, 0.15) is 18.3 Å². The molecule has 0 radical (unpaired) electrons. The normalized spacial score (nSPS) is 43.1. The van der Waals surface area contributed by atoms with E-state index in [-0.39, 0.29) is 53.9 Å². The first-order valence-electron chi connectivity index (χ1n) is 14.9. The number of pyridine rings is 1. The highest BCUT2D eigenvalue weighted by atomic mass is 16.7. The van der Waals surface area contributed by atoms with E-state index in [0.29, 0.717) is 25.2 Å². The van der Waals surface area contributed by atoms with Gasteiger partial charge < -0.3 is 28.4 Å². The molecule has 9 heteroatoms. The Balaban J connectivity index is 1.39. The first-order valence-corrected chi connectivity index (χ1v) is 14.9. The molecule has 1 aromatic heterocycles. The molecule has 1 aromatic rings. The number of aromatic nitrogens is 1. The van der Waals surface area contributed by atoms with Gasteiger partial charge in [-0.3, -0.25) is 9.78 Å². The predicted molar refractivity (Wildman–Crippen MR) is 143 cm³/mol. The van der Waals surface area contributed by atoms with Gasteiger partial charge in [0.05, 0.1) is 35.9 Å². The second kappa shape index (κ2) is 10.0. The molecule has 5 aliphatic rings. The molecule has 0 aromatic carbocycles. The molecule has 0 N–H and O–H groups in total. The Labute approximate surface area is 236 Å². The van der Waals surface area contributed by atoms with E-state index in [1.54, 1.807) is 18.3 Å². The van der Waals surface area contributed by atoms with Gasteiger partial charge in [-0.05, 0) is 49.7 Å². The smallest absolute Gasteiger partial charge is 0.339 e.